The molecule has 0 fully saturated rings. The highest BCUT2D eigenvalue weighted by Gasteiger charge is 2.19. The normalized spacial score (nSPS) is 11.9. The van der Waals surface area contributed by atoms with Crippen molar-refractivity contribution in [3.8, 4) is 56.4 Å². The SMILES string of the molecule is c1ccc(-c2nc(-c3cccc(-c4cccc5sc6ccc(-c7ccc8c9ccccc9c9ccccc9c8c7)cc6c45)c3)nc(-c3cccc4c3oc3ccccc34)n2)cc1. The molecule has 13 rings (SSSR count). The lowest BCUT2D eigenvalue weighted by Gasteiger charge is -2.12. The molecule has 5 heteroatoms. The van der Waals surface area contributed by atoms with Crippen molar-refractivity contribution < 1.29 is 4.42 Å². The van der Waals surface area contributed by atoms with Crippen molar-refractivity contribution in [2.75, 3.05) is 0 Å². The van der Waals surface area contributed by atoms with Gasteiger partial charge in [-0.1, -0.05) is 158 Å². The molecule has 288 valence electrons. The first-order valence-corrected chi connectivity index (χ1v) is 21.7. The molecule has 0 saturated carbocycles. The maximum Gasteiger partial charge on any atom is 0.167 e. The van der Waals surface area contributed by atoms with E-state index < -0.39 is 0 Å². The van der Waals surface area contributed by atoms with Gasteiger partial charge in [-0.3, -0.25) is 0 Å². The lowest BCUT2D eigenvalue weighted by Crippen LogP contribution is -2.00. The number of rotatable bonds is 5. The third kappa shape index (κ3) is 5.49. The summed E-state index contributed by atoms with van der Waals surface area (Å²) in [7, 11) is 0. The van der Waals surface area contributed by atoms with Crippen LogP contribution in [-0.2, 0) is 0 Å². The minimum Gasteiger partial charge on any atom is -0.455 e. The fraction of sp³-hybridized carbons (Fsp3) is 0. The zero-order chi connectivity index (χ0) is 40.7. The van der Waals surface area contributed by atoms with Gasteiger partial charge in [0.25, 0.3) is 0 Å². The van der Waals surface area contributed by atoms with Crippen LogP contribution in [0.5, 0.6) is 0 Å². The van der Waals surface area contributed by atoms with Crippen LogP contribution in [0.3, 0.4) is 0 Å². The molecule has 0 aliphatic rings. The number of fused-ring (bicyclic) bond motifs is 12. The molecule has 3 heterocycles. The molecule has 0 aliphatic carbocycles. The van der Waals surface area contributed by atoms with Crippen LogP contribution in [0, 0.1) is 0 Å². The van der Waals surface area contributed by atoms with E-state index in [0.29, 0.717) is 17.5 Å². The molecule has 0 amide bonds. The highest BCUT2D eigenvalue weighted by atomic mass is 32.1. The van der Waals surface area contributed by atoms with Crippen LogP contribution in [0.2, 0.25) is 0 Å². The average Bonchev–Trinajstić information content (AvgIpc) is 3.92. The minimum atomic E-state index is 0.567. The van der Waals surface area contributed by atoms with E-state index in [1.807, 2.05) is 72.0 Å². The Morgan fingerprint density at radius 2 is 0.855 bits per heavy atom. The molecule has 0 spiro atoms. The fourth-order valence-electron chi connectivity index (χ4n) is 9.43. The predicted molar refractivity (Wildman–Crippen MR) is 260 cm³/mol. The van der Waals surface area contributed by atoms with Gasteiger partial charge in [0.1, 0.15) is 11.2 Å². The van der Waals surface area contributed by atoms with E-state index in [0.717, 1.165) is 44.2 Å². The second-order valence-corrected chi connectivity index (χ2v) is 17.0. The Bertz CT molecular complexity index is 3910. The molecule has 0 N–H and O–H groups in total. The van der Waals surface area contributed by atoms with Gasteiger partial charge in [-0.15, -0.1) is 11.3 Å². The summed E-state index contributed by atoms with van der Waals surface area (Å²) in [5.74, 6) is 1.78. The number of hydrogen-bond donors (Lipinski definition) is 0. The number of aromatic nitrogens is 3. The average molecular weight is 808 g/mol. The van der Waals surface area contributed by atoms with E-state index in [2.05, 4.69) is 140 Å². The van der Waals surface area contributed by atoms with Crippen LogP contribution >= 0.6 is 11.3 Å². The molecule has 10 aromatic carbocycles. The Morgan fingerprint density at radius 1 is 0.306 bits per heavy atom. The maximum atomic E-state index is 6.46. The van der Waals surface area contributed by atoms with Crippen molar-refractivity contribution in [3.05, 3.63) is 200 Å². The van der Waals surface area contributed by atoms with Crippen molar-refractivity contribution in [3.63, 3.8) is 0 Å². The first kappa shape index (κ1) is 34.8. The minimum absolute atomic E-state index is 0.567. The van der Waals surface area contributed by atoms with Crippen molar-refractivity contribution in [1.29, 1.82) is 0 Å². The Morgan fingerprint density at radius 3 is 1.65 bits per heavy atom. The van der Waals surface area contributed by atoms with E-state index in [1.54, 1.807) is 0 Å². The zero-order valence-electron chi connectivity index (χ0n) is 33.2. The Kier molecular flexibility index (Phi) is 7.74. The second kappa shape index (κ2) is 13.8. The van der Waals surface area contributed by atoms with Gasteiger partial charge < -0.3 is 4.42 Å². The molecule has 0 aliphatic heterocycles. The summed E-state index contributed by atoms with van der Waals surface area (Å²) in [6.07, 6.45) is 0. The zero-order valence-corrected chi connectivity index (χ0v) is 34.0. The summed E-state index contributed by atoms with van der Waals surface area (Å²) in [6, 6.07) is 71.2. The lowest BCUT2D eigenvalue weighted by atomic mass is 9.91. The van der Waals surface area contributed by atoms with Gasteiger partial charge >= 0.3 is 0 Å². The van der Waals surface area contributed by atoms with Crippen molar-refractivity contribution in [1.82, 2.24) is 15.0 Å². The number of thiophene rings is 1. The fourth-order valence-corrected chi connectivity index (χ4v) is 10.5. The van der Waals surface area contributed by atoms with E-state index in [4.69, 9.17) is 19.4 Å². The number of hydrogen-bond acceptors (Lipinski definition) is 5. The van der Waals surface area contributed by atoms with E-state index >= 15 is 0 Å². The van der Waals surface area contributed by atoms with Crippen LogP contribution in [0.15, 0.2) is 205 Å². The smallest absolute Gasteiger partial charge is 0.167 e. The van der Waals surface area contributed by atoms with Gasteiger partial charge in [0.2, 0.25) is 0 Å². The molecule has 0 unspecified atom stereocenters. The molecule has 0 saturated heterocycles. The van der Waals surface area contributed by atoms with Gasteiger partial charge in [-0.25, -0.2) is 15.0 Å². The molecule has 3 aromatic heterocycles. The van der Waals surface area contributed by atoms with Gasteiger partial charge in [-0.2, -0.15) is 0 Å². The third-order valence-corrected chi connectivity index (χ3v) is 13.5. The van der Waals surface area contributed by atoms with Gasteiger partial charge in [0.05, 0.1) is 5.56 Å². The number of para-hydroxylation sites is 2. The predicted octanol–water partition coefficient (Wildman–Crippen LogP) is 15.9. The van der Waals surface area contributed by atoms with Crippen LogP contribution < -0.4 is 0 Å². The largest absolute Gasteiger partial charge is 0.455 e. The van der Waals surface area contributed by atoms with Crippen LogP contribution in [0.25, 0.3) is 131 Å². The molecule has 0 atom stereocenters. The van der Waals surface area contributed by atoms with Crippen molar-refractivity contribution in [2.24, 2.45) is 0 Å². The first-order valence-electron chi connectivity index (χ1n) is 20.8. The van der Waals surface area contributed by atoms with Crippen molar-refractivity contribution in [2.45, 2.75) is 0 Å². The highest BCUT2D eigenvalue weighted by Crippen LogP contribution is 2.44. The van der Waals surface area contributed by atoms with Gasteiger partial charge in [0.15, 0.2) is 17.5 Å². The summed E-state index contributed by atoms with van der Waals surface area (Å²) < 4.78 is 8.98. The Balaban J connectivity index is 0.957. The quantitative estimate of drug-likeness (QED) is 0.163. The summed E-state index contributed by atoms with van der Waals surface area (Å²) >= 11 is 1.84. The molecular formula is C57H33N3OS. The van der Waals surface area contributed by atoms with Crippen LogP contribution in [0.1, 0.15) is 0 Å². The summed E-state index contributed by atoms with van der Waals surface area (Å²) in [5, 5.41) is 12.3. The van der Waals surface area contributed by atoms with E-state index in [1.165, 1.54) is 69.2 Å². The van der Waals surface area contributed by atoms with Gasteiger partial charge in [0, 0.05) is 42.1 Å². The number of furan rings is 1. The van der Waals surface area contributed by atoms with Crippen molar-refractivity contribution >= 4 is 85.8 Å². The monoisotopic (exact) mass is 807 g/mol. The number of benzene rings is 10. The molecule has 13 aromatic rings. The molecule has 0 bridgehead atoms. The van der Waals surface area contributed by atoms with Crippen LogP contribution in [-0.4, -0.2) is 15.0 Å². The van der Waals surface area contributed by atoms with Gasteiger partial charge in [-0.05, 0) is 97.0 Å². The summed E-state index contributed by atoms with van der Waals surface area (Å²) in [6.45, 7) is 0. The Labute approximate surface area is 360 Å². The molecular weight excluding hydrogens is 775 g/mol. The highest BCUT2D eigenvalue weighted by molar-refractivity contribution is 7.26. The third-order valence-electron chi connectivity index (χ3n) is 12.3. The summed E-state index contributed by atoms with van der Waals surface area (Å²) in [5.41, 5.74) is 8.94. The summed E-state index contributed by atoms with van der Waals surface area (Å²) in [4.78, 5) is 15.4. The Hall–Kier alpha value is -7.99. The maximum absolute atomic E-state index is 6.46. The van der Waals surface area contributed by atoms with Crippen LogP contribution in [0.4, 0.5) is 0 Å². The van der Waals surface area contributed by atoms with E-state index in [9.17, 15) is 0 Å². The molecule has 62 heavy (non-hydrogen) atoms. The topological polar surface area (TPSA) is 51.8 Å². The van der Waals surface area contributed by atoms with E-state index in [-0.39, 0.29) is 0 Å². The molecule has 4 nitrogen and oxygen atoms in total. The lowest BCUT2D eigenvalue weighted by molar-refractivity contribution is 0.669. The second-order valence-electron chi connectivity index (χ2n) is 15.9. The number of nitrogens with zero attached hydrogens (tertiary/aromatic N) is 3. The first-order chi connectivity index (χ1) is 30.7. The molecule has 0 radical (unpaired) electrons. The standard InChI is InChI=1S/C57H33N3OS/c1-2-13-34(14-3-1)55-58-56(60-57(59-55)47-24-11-23-46-45-21-8-9-25-50(45)61-54(46)47)38-16-10-15-37(31-38)39-22-12-26-52-53(39)49-33-36(28-30-51(49)62-52)35-27-29-44-42-19-5-4-17-40(42)41-18-6-7-20-43(41)48(44)32-35/h1-33H.